The van der Waals surface area contributed by atoms with Gasteiger partial charge in [-0.2, -0.15) is 0 Å². The van der Waals surface area contributed by atoms with E-state index in [1.54, 1.807) is 0 Å². The monoisotopic (exact) mass is 222 g/mol. The largest absolute Gasteiger partial charge is 0.0620 e. The van der Waals surface area contributed by atoms with Crippen molar-refractivity contribution in [2.75, 3.05) is 0 Å². The van der Waals surface area contributed by atoms with Gasteiger partial charge in [0.25, 0.3) is 0 Å². The molecule has 0 bridgehead atoms. The third-order valence-corrected chi connectivity index (χ3v) is 5.52. The van der Waals surface area contributed by atoms with Crippen molar-refractivity contribution in [1.82, 2.24) is 0 Å². The Kier molecular flexibility index (Phi) is 3.97. The van der Waals surface area contributed by atoms with Gasteiger partial charge in [0, 0.05) is 0 Å². The SMILES string of the molecule is CC(C1CCCCC1)C1CCC(C)(C)CC1. The van der Waals surface area contributed by atoms with Gasteiger partial charge in [0.15, 0.2) is 0 Å². The molecule has 0 aromatic rings. The van der Waals surface area contributed by atoms with Crippen LogP contribution in [0.15, 0.2) is 0 Å². The van der Waals surface area contributed by atoms with Crippen molar-refractivity contribution in [2.24, 2.45) is 23.2 Å². The smallest absolute Gasteiger partial charge is 0.0354 e. The topological polar surface area (TPSA) is 0 Å². The summed E-state index contributed by atoms with van der Waals surface area (Å²) in [4.78, 5) is 0. The molecular formula is C16H30. The van der Waals surface area contributed by atoms with E-state index >= 15 is 0 Å². The van der Waals surface area contributed by atoms with Crippen LogP contribution in [0.4, 0.5) is 0 Å². The zero-order valence-electron chi connectivity index (χ0n) is 11.6. The lowest BCUT2D eigenvalue weighted by Crippen LogP contribution is -2.29. The Balaban J connectivity index is 1.83. The Morgan fingerprint density at radius 2 is 1.31 bits per heavy atom. The highest BCUT2D eigenvalue weighted by molar-refractivity contribution is 4.84. The maximum Gasteiger partial charge on any atom is -0.0354 e. The van der Waals surface area contributed by atoms with Gasteiger partial charge in [0.2, 0.25) is 0 Å². The first-order valence-corrected chi connectivity index (χ1v) is 7.58. The normalized spacial score (nSPS) is 30.2. The van der Waals surface area contributed by atoms with Crippen LogP contribution in [0.5, 0.6) is 0 Å². The second-order valence-electron chi connectivity index (χ2n) is 7.26. The molecule has 0 amide bonds. The highest BCUT2D eigenvalue weighted by atomic mass is 14.4. The van der Waals surface area contributed by atoms with E-state index in [9.17, 15) is 0 Å². The Labute approximate surface area is 102 Å². The van der Waals surface area contributed by atoms with Gasteiger partial charge in [-0.05, 0) is 48.9 Å². The molecule has 0 aliphatic heterocycles. The molecule has 1 unspecified atom stereocenters. The van der Waals surface area contributed by atoms with Crippen LogP contribution >= 0.6 is 0 Å². The minimum Gasteiger partial charge on any atom is -0.0620 e. The second-order valence-corrected chi connectivity index (χ2v) is 7.26. The Hall–Kier alpha value is 0. The lowest BCUT2D eigenvalue weighted by molar-refractivity contribution is 0.109. The first-order valence-electron chi connectivity index (χ1n) is 7.58. The molecule has 2 aliphatic rings. The Morgan fingerprint density at radius 3 is 1.88 bits per heavy atom. The van der Waals surface area contributed by atoms with E-state index in [1.165, 1.54) is 57.8 Å². The van der Waals surface area contributed by atoms with E-state index in [0.717, 1.165) is 17.8 Å². The molecule has 0 nitrogen and oxygen atoms in total. The number of hydrogen-bond donors (Lipinski definition) is 0. The third kappa shape index (κ3) is 3.02. The van der Waals surface area contributed by atoms with E-state index in [1.807, 2.05) is 0 Å². The molecule has 2 aliphatic carbocycles. The van der Waals surface area contributed by atoms with Gasteiger partial charge in [0.05, 0.1) is 0 Å². The van der Waals surface area contributed by atoms with Crippen molar-refractivity contribution < 1.29 is 0 Å². The predicted molar refractivity (Wildman–Crippen MR) is 71.5 cm³/mol. The summed E-state index contributed by atoms with van der Waals surface area (Å²) in [5.41, 5.74) is 0.642. The molecule has 2 saturated carbocycles. The molecule has 94 valence electrons. The molecular weight excluding hydrogens is 192 g/mol. The van der Waals surface area contributed by atoms with E-state index < -0.39 is 0 Å². The summed E-state index contributed by atoms with van der Waals surface area (Å²) in [6.07, 6.45) is 13.5. The number of rotatable bonds is 2. The molecule has 2 rings (SSSR count). The average molecular weight is 222 g/mol. The van der Waals surface area contributed by atoms with Crippen molar-refractivity contribution in [1.29, 1.82) is 0 Å². The van der Waals surface area contributed by atoms with Crippen molar-refractivity contribution >= 4 is 0 Å². The molecule has 2 fully saturated rings. The Morgan fingerprint density at radius 1 is 0.812 bits per heavy atom. The maximum atomic E-state index is 2.55. The summed E-state index contributed by atoms with van der Waals surface area (Å²) in [6, 6.07) is 0. The van der Waals surface area contributed by atoms with Crippen molar-refractivity contribution in [3.8, 4) is 0 Å². The van der Waals surface area contributed by atoms with Gasteiger partial charge < -0.3 is 0 Å². The fourth-order valence-corrected chi connectivity index (χ4v) is 3.99. The molecule has 0 radical (unpaired) electrons. The summed E-state index contributed by atoms with van der Waals surface area (Å²) in [5.74, 6) is 3.13. The summed E-state index contributed by atoms with van der Waals surface area (Å²) in [5, 5.41) is 0. The summed E-state index contributed by atoms with van der Waals surface area (Å²) in [7, 11) is 0. The minimum atomic E-state index is 0.642. The molecule has 0 heteroatoms. The lowest BCUT2D eigenvalue weighted by Gasteiger charge is -2.40. The van der Waals surface area contributed by atoms with Crippen LogP contribution in [0.25, 0.3) is 0 Å². The van der Waals surface area contributed by atoms with Crippen molar-refractivity contribution in [3.05, 3.63) is 0 Å². The fraction of sp³-hybridized carbons (Fsp3) is 1.00. The summed E-state index contributed by atoms with van der Waals surface area (Å²) < 4.78 is 0. The lowest BCUT2D eigenvalue weighted by atomic mass is 9.65. The van der Waals surface area contributed by atoms with Crippen LogP contribution in [0.1, 0.15) is 78.6 Å². The first kappa shape index (κ1) is 12.5. The van der Waals surface area contributed by atoms with Crippen molar-refractivity contribution in [3.63, 3.8) is 0 Å². The second kappa shape index (κ2) is 5.10. The zero-order valence-corrected chi connectivity index (χ0v) is 11.6. The molecule has 16 heavy (non-hydrogen) atoms. The quantitative estimate of drug-likeness (QED) is 0.585. The van der Waals surface area contributed by atoms with Gasteiger partial charge in [-0.15, -0.1) is 0 Å². The highest BCUT2D eigenvalue weighted by Crippen LogP contribution is 2.44. The van der Waals surface area contributed by atoms with Gasteiger partial charge in [-0.1, -0.05) is 52.9 Å². The molecule has 0 spiro atoms. The average Bonchev–Trinajstić information content (AvgIpc) is 2.29. The van der Waals surface area contributed by atoms with Gasteiger partial charge in [0.1, 0.15) is 0 Å². The molecule has 0 N–H and O–H groups in total. The van der Waals surface area contributed by atoms with Crippen LogP contribution in [0, 0.1) is 23.2 Å². The molecule has 0 aromatic heterocycles. The first-order chi connectivity index (χ1) is 7.58. The zero-order chi connectivity index (χ0) is 11.6. The molecule has 0 heterocycles. The van der Waals surface area contributed by atoms with Crippen LogP contribution < -0.4 is 0 Å². The molecule has 0 aromatic carbocycles. The fourth-order valence-electron chi connectivity index (χ4n) is 3.99. The number of hydrogen-bond acceptors (Lipinski definition) is 0. The van der Waals surface area contributed by atoms with E-state index in [0.29, 0.717) is 5.41 Å². The maximum absolute atomic E-state index is 2.55. The van der Waals surface area contributed by atoms with Crippen LogP contribution in [-0.4, -0.2) is 0 Å². The van der Waals surface area contributed by atoms with Crippen LogP contribution in [-0.2, 0) is 0 Å². The van der Waals surface area contributed by atoms with Gasteiger partial charge in [-0.3, -0.25) is 0 Å². The van der Waals surface area contributed by atoms with Gasteiger partial charge in [-0.25, -0.2) is 0 Å². The Bertz CT molecular complexity index is 200. The van der Waals surface area contributed by atoms with Crippen molar-refractivity contribution in [2.45, 2.75) is 78.6 Å². The van der Waals surface area contributed by atoms with E-state index in [-0.39, 0.29) is 0 Å². The molecule has 0 saturated heterocycles. The summed E-state index contributed by atoms with van der Waals surface area (Å²) in [6.45, 7) is 7.46. The minimum absolute atomic E-state index is 0.642. The van der Waals surface area contributed by atoms with Crippen LogP contribution in [0.2, 0.25) is 0 Å². The third-order valence-electron chi connectivity index (χ3n) is 5.52. The van der Waals surface area contributed by atoms with E-state index in [2.05, 4.69) is 20.8 Å². The standard InChI is InChI=1S/C16H30/c1-13(14-7-5-4-6-8-14)15-9-11-16(2,3)12-10-15/h13-15H,4-12H2,1-3H3. The summed E-state index contributed by atoms with van der Waals surface area (Å²) >= 11 is 0. The van der Waals surface area contributed by atoms with Gasteiger partial charge >= 0.3 is 0 Å². The molecule has 1 atom stereocenters. The van der Waals surface area contributed by atoms with E-state index in [4.69, 9.17) is 0 Å². The highest BCUT2D eigenvalue weighted by Gasteiger charge is 2.32. The van der Waals surface area contributed by atoms with Crippen LogP contribution in [0.3, 0.4) is 0 Å². The predicted octanol–water partition coefficient (Wildman–Crippen LogP) is 5.42.